The Kier molecular flexibility index (Phi) is 4.13. The fourth-order valence-electron chi connectivity index (χ4n) is 3.91. The van der Waals surface area contributed by atoms with E-state index in [4.69, 9.17) is 4.42 Å². The van der Waals surface area contributed by atoms with Gasteiger partial charge in [-0.2, -0.15) is 0 Å². The monoisotopic (exact) mass is 442 g/mol. The largest absolute Gasteiger partial charge is 0.457 e. The van der Waals surface area contributed by atoms with Gasteiger partial charge >= 0.3 is 0 Å². The minimum absolute atomic E-state index is 0.00112. The number of thiophene rings is 1. The van der Waals surface area contributed by atoms with Gasteiger partial charge in [0.1, 0.15) is 16.5 Å². The summed E-state index contributed by atoms with van der Waals surface area (Å²) in [6.45, 7) is 2.28. The number of amides is 1. The van der Waals surface area contributed by atoms with E-state index >= 15 is 0 Å². The minimum atomic E-state index is -0.344. The lowest BCUT2D eigenvalue weighted by Crippen LogP contribution is -2.38. The topological polar surface area (TPSA) is 54.3 Å². The van der Waals surface area contributed by atoms with Crippen molar-refractivity contribution in [1.82, 2.24) is 5.32 Å². The molecule has 3 aromatic rings. The SMILES string of the molecule is CC1CCc2c(sc3c2C(=O)NC(c2ccc(-c4cccc(Br)c4)o2)N3)C1. The second kappa shape index (κ2) is 6.53. The Hall–Kier alpha value is -2.05. The van der Waals surface area contributed by atoms with Crippen molar-refractivity contribution in [3.05, 3.63) is 62.6 Å². The zero-order valence-electron chi connectivity index (χ0n) is 14.8. The third-order valence-corrected chi connectivity index (χ3v) is 6.99. The molecule has 2 unspecified atom stereocenters. The maximum atomic E-state index is 12.8. The Morgan fingerprint density at radius 1 is 1.22 bits per heavy atom. The number of hydrogen-bond acceptors (Lipinski definition) is 4. The zero-order valence-corrected chi connectivity index (χ0v) is 17.2. The van der Waals surface area contributed by atoms with E-state index in [-0.39, 0.29) is 12.1 Å². The molecule has 0 bridgehead atoms. The van der Waals surface area contributed by atoms with Gasteiger partial charge in [0.25, 0.3) is 5.91 Å². The van der Waals surface area contributed by atoms with Crippen LogP contribution in [0.3, 0.4) is 0 Å². The summed E-state index contributed by atoms with van der Waals surface area (Å²) >= 11 is 5.22. The first kappa shape index (κ1) is 17.1. The zero-order chi connectivity index (χ0) is 18.5. The number of nitrogens with one attached hydrogen (secondary N) is 2. The normalized spacial score (nSPS) is 21.2. The van der Waals surface area contributed by atoms with E-state index in [0.29, 0.717) is 11.7 Å². The van der Waals surface area contributed by atoms with Gasteiger partial charge in [-0.05, 0) is 55.0 Å². The summed E-state index contributed by atoms with van der Waals surface area (Å²) in [5.74, 6) is 2.19. The summed E-state index contributed by atoms with van der Waals surface area (Å²) in [7, 11) is 0. The van der Waals surface area contributed by atoms with Crippen molar-refractivity contribution in [3.8, 4) is 11.3 Å². The molecule has 1 aliphatic carbocycles. The average Bonchev–Trinajstić information content (AvgIpc) is 3.26. The lowest BCUT2D eigenvalue weighted by molar-refractivity contribution is 0.0930. The van der Waals surface area contributed by atoms with E-state index in [0.717, 1.165) is 45.6 Å². The third kappa shape index (κ3) is 3.01. The highest BCUT2D eigenvalue weighted by Gasteiger charge is 2.34. The summed E-state index contributed by atoms with van der Waals surface area (Å²) < 4.78 is 7.06. The molecule has 2 N–H and O–H groups in total. The first-order chi connectivity index (χ1) is 13.1. The Balaban J connectivity index is 1.45. The van der Waals surface area contributed by atoms with Crippen molar-refractivity contribution >= 4 is 38.2 Å². The number of halogens is 1. The highest BCUT2D eigenvalue weighted by atomic mass is 79.9. The van der Waals surface area contributed by atoms with E-state index in [2.05, 4.69) is 33.5 Å². The number of fused-ring (bicyclic) bond motifs is 3. The second-order valence-corrected chi connectivity index (χ2v) is 9.34. The summed E-state index contributed by atoms with van der Waals surface area (Å²) in [4.78, 5) is 14.2. The highest BCUT2D eigenvalue weighted by Crippen LogP contribution is 2.42. The summed E-state index contributed by atoms with van der Waals surface area (Å²) in [6.07, 6.45) is 2.88. The van der Waals surface area contributed by atoms with Gasteiger partial charge in [-0.3, -0.25) is 4.79 Å². The molecule has 1 amide bonds. The van der Waals surface area contributed by atoms with Crippen molar-refractivity contribution in [1.29, 1.82) is 0 Å². The number of hydrogen-bond donors (Lipinski definition) is 2. The molecule has 0 radical (unpaired) electrons. The van der Waals surface area contributed by atoms with E-state index in [1.54, 1.807) is 11.3 Å². The van der Waals surface area contributed by atoms with Crippen LogP contribution in [0.25, 0.3) is 11.3 Å². The lowest BCUT2D eigenvalue weighted by Gasteiger charge is -2.25. The molecule has 1 aliphatic heterocycles. The van der Waals surface area contributed by atoms with Gasteiger partial charge in [0.05, 0.1) is 5.56 Å². The van der Waals surface area contributed by atoms with Crippen LogP contribution < -0.4 is 10.6 Å². The van der Waals surface area contributed by atoms with Gasteiger partial charge in [-0.1, -0.05) is 35.0 Å². The predicted molar refractivity (Wildman–Crippen MR) is 111 cm³/mol. The van der Waals surface area contributed by atoms with Crippen molar-refractivity contribution < 1.29 is 9.21 Å². The maximum Gasteiger partial charge on any atom is 0.256 e. The lowest BCUT2D eigenvalue weighted by atomic mass is 9.88. The van der Waals surface area contributed by atoms with Gasteiger partial charge in [0.2, 0.25) is 0 Å². The van der Waals surface area contributed by atoms with Crippen molar-refractivity contribution in [2.24, 2.45) is 5.92 Å². The number of carbonyl (C=O) groups excluding carboxylic acids is 1. The Morgan fingerprint density at radius 3 is 2.96 bits per heavy atom. The highest BCUT2D eigenvalue weighted by molar-refractivity contribution is 9.10. The molecule has 3 heterocycles. The van der Waals surface area contributed by atoms with Gasteiger partial charge in [0.15, 0.2) is 6.17 Å². The van der Waals surface area contributed by atoms with Crippen molar-refractivity contribution in [3.63, 3.8) is 0 Å². The fourth-order valence-corrected chi connectivity index (χ4v) is 5.75. The molecule has 4 nitrogen and oxygen atoms in total. The molecule has 2 aromatic heterocycles. The Morgan fingerprint density at radius 2 is 2.11 bits per heavy atom. The van der Waals surface area contributed by atoms with Crippen LogP contribution in [0, 0.1) is 5.92 Å². The molecule has 0 fully saturated rings. The summed E-state index contributed by atoms with van der Waals surface area (Å²) in [5, 5.41) is 7.52. The van der Waals surface area contributed by atoms with E-state index in [9.17, 15) is 4.79 Å². The molecule has 2 atom stereocenters. The molecule has 138 valence electrons. The molecule has 5 rings (SSSR count). The molecule has 0 spiro atoms. The van der Waals surface area contributed by atoms with Gasteiger partial charge in [-0.15, -0.1) is 11.3 Å². The van der Waals surface area contributed by atoms with Crippen LogP contribution in [0.4, 0.5) is 5.00 Å². The molecule has 0 saturated heterocycles. The fraction of sp³-hybridized carbons (Fsp3) is 0.286. The molecule has 6 heteroatoms. The van der Waals surface area contributed by atoms with E-state index < -0.39 is 0 Å². The standard InChI is InChI=1S/C21H19BrN2O2S/c1-11-5-6-14-17(9-11)27-21-18(14)20(25)23-19(24-21)16-8-7-15(26-16)12-3-2-4-13(22)10-12/h2-4,7-8,10-11,19,24H,5-6,9H2,1H3,(H,23,25). The van der Waals surface area contributed by atoms with Gasteiger partial charge < -0.3 is 15.1 Å². The molecule has 2 aliphatic rings. The summed E-state index contributed by atoms with van der Waals surface area (Å²) in [5.41, 5.74) is 3.08. The number of benzene rings is 1. The van der Waals surface area contributed by atoms with Crippen LogP contribution in [0.2, 0.25) is 0 Å². The average molecular weight is 443 g/mol. The number of rotatable bonds is 2. The number of anilines is 1. The second-order valence-electron chi connectivity index (χ2n) is 7.32. The quantitative estimate of drug-likeness (QED) is 0.530. The van der Waals surface area contributed by atoms with Crippen LogP contribution in [-0.4, -0.2) is 5.91 Å². The van der Waals surface area contributed by atoms with Crippen LogP contribution in [0.1, 0.15) is 46.1 Å². The molecule has 0 saturated carbocycles. The van der Waals surface area contributed by atoms with Crippen LogP contribution in [-0.2, 0) is 12.8 Å². The predicted octanol–water partition coefficient (Wildman–Crippen LogP) is 5.75. The Labute approximate surface area is 170 Å². The van der Waals surface area contributed by atoms with E-state index in [1.807, 2.05) is 36.4 Å². The smallest absolute Gasteiger partial charge is 0.256 e. The van der Waals surface area contributed by atoms with Crippen molar-refractivity contribution in [2.45, 2.75) is 32.4 Å². The third-order valence-electron chi connectivity index (χ3n) is 5.31. The molecule has 27 heavy (non-hydrogen) atoms. The number of carbonyl (C=O) groups is 1. The minimum Gasteiger partial charge on any atom is -0.457 e. The van der Waals surface area contributed by atoms with E-state index in [1.165, 1.54) is 10.4 Å². The molecular formula is C21H19BrN2O2S. The van der Waals surface area contributed by atoms with Crippen LogP contribution in [0.5, 0.6) is 0 Å². The van der Waals surface area contributed by atoms with Crippen LogP contribution >= 0.6 is 27.3 Å². The Bertz CT molecular complexity index is 1040. The molecular weight excluding hydrogens is 424 g/mol. The maximum absolute atomic E-state index is 12.8. The van der Waals surface area contributed by atoms with Crippen molar-refractivity contribution in [2.75, 3.05) is 5.32 Å². The summed E-state index contributed by atoms with van der Waals surface area (Å²) in [6, 6.07) is 11.9. The van der Waals surface area contributed by atoms with Crippen LogP contribution in [0.15, 0.2) is 45.3 Å². The van der Waals surface area contributed by atoms with Gasteiger partial charge in [-0.25, -0.2) is 0 Å². The number of furan rings is 1. The first-order valence-corrected chi connectivity index (χ1v) is 10.8. The first-order valence-electron chi connectivity index (χ1n) is 9.16. The van der Waals surface area contributed by atoms with Gasteiger partial charge in [0, 0.05) is 14.9 Å². The molecule has 1 aromatic carbocycles.